The van der Waals surface area contributed by atoms with Gasteiger partial charge in [0.1, 0.15) is 0 Å². The van der Waals surface area contributed by atoms with Crippen LogP contribution in [0.25, 0.3) is 0 Å². The van der Waals surface area contributed by atoms with Gasteiger partial charge in [-0.15, -0.1) is 0 Å². The van der Waals surface area contributed by atoms with E-state index in [9.17, 15) is 13.2 Å². The summed E-state index contributed by atoms with van der Waals surface area (Å²) in [6, 6.07) is 1.38. The minimum atomic E-state index is -3.24. The van der Waals surface area contributed by atoms with E-state index in [1.807, 2.05) is 0 Å². The molecule has 0 spiro atoms. The van der Waals surface area contributed by atoms with Crippen molar-refractivity contribution in [3.8, 4) is 0 Å². The van der Waals surface area contributed by atoms with Crippen molar-refractivity contribution in [2.24, 2.45) is 0 Å². The number of sulfonamides is 1. The highest BCUT2D eigenvalue weighted by atomic mass is 32.2. The molecule has 0 aliphatic carbocycles. The van der Waals surface area contributed by atoms with E-state index in [0.29, 0.717) is 19.6 Å². The third kappa shape index (κ3) is 4.49. The molecule has 112 valence electrons. The molecule has 1 aromatic heterocycles. The van der Waals surface area contributed by atoms with Crippen LogP contribution in [0.5, 0.6) is 0 Å². The first-order chi connectivity index (χ1) is 9.44. The van der Waals surface area contributed by atoms with Crippen molar-refractivity contribution in [2.45, 2.75) is 25.4 Å². The number of hydrogen-bond donors (Lipinski definition) is 3. The second-order valence-corrected chi connectivity index (χ2v) is 6.70. The van der Waals surface area contributed by atoms with Crippen molar-refractivity contribution in [3.63, 3.8) is 0 Å². The fourth-order valence-corrected chi connectivity index (χ4v) is 3.02. The molecule has 2 rings (SSSR count). The van der Waals surface area contributed by atoms with E-state index in [4.69, 9.17) is 0 Å². The van der Waals surface area contributed by atoms with Crippen LogP contribution < -0.4 is 10.0 Å². The van der Waals surface area contributed by atoms with Crippen LogP contribution in [0.15, 0.2) is 12.3 Å². The molecule has 0 radical (unpaired) electrons. The molecule has 8 nitrogen and oxygen atoms in total. The second kappa shape index (κ2) is 6.23. The molecule has 9 heteroatoms. The first-order valence-corrected chi connectivity index (χ1v) is 8.31. The van der Waals surface area contributed by atoms with Crippen LogP contribution >= 0.6 is 0 Å². The van der Waals surface area contributed by atoms with Gasteiger partial charge in [0.05, 0.1) is 18.5 Å². The molecule has 1 atom stereocenters. The third-order valence-corrected chi connectivity index (χ3v) is 3.84. The Bertz CT molecular complexity index is 542. The number of H-pyrrole nitrogens is 1. The minimum absolute atomic E-state index is 0.195. The zero-order valence-corrected chi connectivity index (χ0v) is 12.1. The number of amides is 2. The Morgan fingerprint density at radius 3 is 3.05 bits per heavy atom. The summed E-state index contributed by atoms with van der Waals surface area (Å²) < 4.78 is 25.0. The molecule has 1 aromatic rings. The average Bonchev–Trinajstić information content (AvgIpc) is 2.87. The van der Waals surface area contributed by atoms with E-state index in [2.05, 4.69) is 20.2 Å². The molecule has 0 bridgehead atoms. The quantitative estimate of drug-likeness (QED) is 0.705. The smallest absolute Gasteiger partial charge is 0.317 e. The highest BCUT2D eigenvalue weighted by molar-refractivity contribution is 7.88. The molecule has 1 saturated heterocycles. The standard InChI is InChI=1S/C11H19N5O3S/c1-20(18,19)15-10-3-2-6-16(8-10)11(17)12-7-9-4-5-13-14-9/h4-5,10,15H,2-3,6-8H2,1H3,(H,12,17)(H,13,14)/t10-/m0/s1. The Labute approximate surface area is 118 Å². The van der Waals surface area contributed by atoms with Gasteiger partial charge in [-0.1, -0.05) is 0 Å². The highest BCUT2D eigenvalue weighted by Crippen LogP contribution is 2.11. The molecule has 0 aromatic carbocycles. The van der Waals surface area contributed by atoms with Gasteiger partial charge in [0.25, 0.3) is 0 Å². The maximum atomic E-state index is 12.0. The topological polar surface area (TPSA) is 107 Å². The number of aromatic nitrogens is 2. The van der Waals surface area contributed by atoms with Crippen LogP contribution in [0, 0.1) is 0 Å². The SMILES string of the molecule is CS(=O)(=O)N[C@H]1CCCN(C(=O)NCc2ccn[nH]2)C1. The number of carbonyl (C=O) groups is 1. The van der Waals surface area contributed by atoms with E-state index in [0.717, 1.165) is 24.8 Å². The Morgan fingerprint density at radius 1 is 1.60 bits per heavy atom. The molecule has 1 aliphatic heterocycles. The Hall–Kier alpha value is -1.61. The van der Waals surface area contributed by atoms with Gasteiger partial charge in [0.2, 0.25) is 10.0 Å². The lowest BCUT2D eigenvalue weighted by molar-refractivity contribution is 0.177. The zero-order valence-electron chi connectivity index (χ0n) is 11.3. The van der Waals surface area contributed by atoms with Crippen LogP contribution in [0.2, 0.25) is 0 Å². The van der Waals surface area contributed by atoms with Gasteiger partial charge in [0, 0.05) is 25.3 Å². The summed E-state index contributed by atoms with van der Waals surface area (Å²) in [4.78, 5) is 13.6. The van der Waals surface area contributed by atoms with Crippen molar-refractivity contribution in [3.05, 3.63) is 18.0 Å². The minimum Gasteiger partial charge on any atom is -0.332 e. The van der Waals surface area contributed by atoms with E-state index in [1.165, 1.54) is 0 Å². The zero-order chi connectivity index (χ0) is 14.6. The van der Waals surface area contributed by atoms with Crippen molar-refractivity contribution in [1.29, 1.82) is 0 Å². The van der Waals surface area contributed by atoms with Gasteiger partial charge in [-0.2, -0.15) is 5.10 Å². The van der Waals surface area contributed by atoms with Gasteiger partial charge < -0.3 is 10.2 Å². The lowest BCUT2D eigenvalue weighted by atomic mass is 10.1. The van der Waals surface area contributed by atoms with Gasteiger partial charge in [0.15, 0.2) is 0 Å². The van der Waals surface area contributed by atoms with Crippen LogP contribution in [0.4, 0.5) is 4.79 Å². The number of urea groups is 1. The number of nitrogens with one attached hydrogen (secondary N) is 3. The van der Waals surface area contributed by atoms with Crippen molar-refractivity contribution < 1.29 is 13.2 Å². The number of carbonyl (C=O) groups excluding carboxylic acids is 1. The van der Waals surface area contributed by atoms with E-state index >= 15 is 0 Å². The molecule has 3 N–H and O–H groups in total. The third-order valence-electron chi connectivity index (χ3n) is 3.08. The normalized spacial score (nSPS) is 19.9. The number of nitrogens with zero attached hydrogens (tertiary/aromatic N) is 2. The van der Waals surface area contributed by atoms with Gasteiger partial charge >= 0.3 is 6.03 Å². The van der Waals surface area contributed by atoms with Gasteiger partial charge in [-0.25, -0.2) is 17.9 Å². The number of piperidine rings is 1. The molecule has 20 heavy (non-hydrogen) atoms. The number of rotatable bonds is 4. The molecular weight excluding hydrogens is 282 g/mol. The molecule has 0 saturated carbocycles. The molecule has 2 amide bonds. The molecular formula is C11H19N5O3S. The van der Waals surface area contributed by atoms with Gasteiger partial charge in [-0.3, -0.25) is 5.10 Å². The van der Waals surface area contributed by atoms with E-state index in [1.54, 1.807) is 17.2 Å². The fraction of sp³-hybridized carbons (Fsp3) is 0.636. The van der Waals surface area contributed by atoms with Crippen LogP contribution in [-0.2, 0) is 16.6 Å². The summed E-state index contributed by atoms with van der Waals surface area (Å²) in [6.45, 7) is 1.40. The summed E-state index contributed by atoms with van der Waals surface area (Å²) in [7, 11) is -3.24. The predicted octanol–water partition coefficient (Wildman–Crippen LogP) is -0.367. The highest BCUT2D eigenvalue weighted by Gasteiger charge is 2.25. The van der Waals surface area contributed by atoms with E-state index in [-0.39, 0.29) is 12.1 Å². The largest absolute Gasteiger partial charge is 0.332 e. The van der Waals surface area contributed by atoms with Crippen molar-refractivity contribution >= 4 is 16.1 Å². The number of hydrogen-bond acceptors (Lipinski definition) is 4. The number of likely N-dealkylation sites (tertiary alicyclic amines) is 1. The summed E-state index contributed by atoms with van der Waals surface area (Å²) in [5.41, 5.74) is 0.821. The van der Waals surface area contributed by atoms with E-state index < -0.39 is 10.0 Å². The summed E-state index contributed by atoms with van der Waals surface area (Å²) in [5, 5.41) is 9.34. The fourth-order valence-electron chi connectivity index (χ4n) is 2.23. The monoisotopic (exact) mass is 301 g/mol. The Morgan fingerprint density at radius 2 is 2.40 bits per heavy atom. The molecule has 0 unspecified atom stereocenters. The lowest BCUT2D eigenvalue weighted by Crippen LogP contribution is -2.51. The average molecular weight is 301 g/mol. The van der Waals surface area contributed by atoms with Gasteiger partial charge in [-0.05, 0) is 18.9 Å². The first-order valence-electron chi connectivity index (χ1n) is 6.42. The Kier molecular flexibility index (Phi) is 4.61. The van der Waals surface area contributed by atoms with Crippen molar-refractivity contribution in [2.75, 3.05) is 19.3 Å². The van der Waals surface area contributed by atoms with Crippen molar-refractivity contribution in [1.82, 2.24) is 25.1 Å². The predicted molar refractivity (Wildman–Crippen MR) is 73.4 cm³/mol. The molecule has 1 aliphatic rings. The maximum Gasteiger partial charge on any atom is 0.317 e. The van der Waals surface area contributed by atoms with Crippen LogP contribution in [-0.4, -0.2) is 54.9 Å². The summed E-state index contributed by atoms with van der Waals surface area (Å²) >= 11 is 0. The molecule has 2 heterocycles. The molecule has 1 fully saturated rings. The maximum absolute atomic E-state index is 12.0. The summed E-state index contributed by atoms with van der Waals surface area (Å²) in [5.74, 6) is 0. The first kappa shape index (κ1) is 14.8. The van der Waals surface area contributed by atoms with Crippen LogP contribution in [0.1, 0.15) is 18.5 Å². The Balaban J connectivity index is 1.83. The second-order valence-electron chi connectivity index (χ2n) is 4.92. The van der Waals surface area contributed by atoms with Crippen LogP contribution in [0.3, 0.4) is 0 Å². The lowest BCUT2D eigenvalue weighted by Gasteiger charge is -2.32. The summed E-state index contributed by atoms with van der Waals surface area (Å²) in [6.07, 6.45) is 4.28. The number of aromatic amines is 1.